The molecular formula is C13H4F9N3O3. The molecule has 2 rings (SSSR count). The highest BCUT2D eigenvalue weighted by molar-refractivity contribution is 5.61. The minimum absolute atomic E-state index is 0.0873. The summed E-state index contributed by atoms with van der Waals surface area (Å²) in [7, 11) is 0. The van der Waals surface area contributed by atoms with Crippen molar-refractivity contribution in [1.29, 1.82) is 0 Å². The van der Waals surface area contributed by atoms with Crippen molar-refractivity contribution >= 4 is 5.69 Å². The molecule has 152 valence electrons. The SMILES string of the molecule is O=c1cc(C(F)(F)F)ncn1-c1c([N+](=O)[O-])cc(C(F)(F)F)cc1C(F)(F)F. The molecule has 1 heterocycles. The molecule has 6 nitrogen and oxygen atoms in total. The molecule has 0 radical (unpaired) electrons. The summed E-state index contributed by atoms with van der Waals surface area (Å²) < 4.78 is 115. The van der Waals surface area contributed by atoms with E-state index in [0.29, 0.717) is 0 Å². The summed E-state index contributed by atoms with van der Waals surface area (Å²) in [4.78, 5) is 24.0. The maximum absolute atomic E-state index is 13.2. The van der Waals surface area contributed by atoms with Crippen LogP contribution in [-0.2, 0) is 18.5 Å². The Kier molecular flexibility index (Phi) is 4.91. The lowest BCUT2D eigenvalue weighted by molar-refractivity contribution is -0.385. The van der Waals surface area contributed by atoms with Crippen LogP contribution in [0.5, 0.6) is 0 Å². The number of nitro benzene ring substituents is 1. The van der Waals surface area contributed by atoms with Crippen LogP contribution in [0.2, 0.25) is 0 Å². The first-order valence-electron chi connectivity index (χ1n) is 6.66. The van der Waals surface area contributed by atoms with Gasteiger partial charge in [-0.1, -0.05) is 0 Å². The van der Waals surface area contributed by atoms with Crippen molar-refractivity contribution in [3.8, 4) is 5.69 Å². The molecular weight excluding hydrogens is 417 g/mol. The van der Waals surface area contributed by atoms with Gasteiger partial charge in [-0.25, -0.2) is 4.98 Å². The molecule has 15 heteroatoms. The van der Waals surface area contributed by atoms with Crippen molar-refractivity contribution in [1.82, 2.24) is 9.55 Å². The monoisotopic (exact) mass is 421 g/mol. The van der Waals surface area contributed by atoms with Crippen LogP contribution in [0.25, 0.3) is 5.69 Å². The van der Waals surface area contributed by atoms with Crippen molar-refractivity contribution in [2.45, 2.75) is 18.5 Å². The van der Waals surface area contributed by atoms with Gasteiger partial charge in [-0.15, -0.1) is 0 Å². The number of nitrogens with zero attached hydrogens (tertiary/aromatic N) is 3. The zero-order valence-electron chi connectivity index (χ0n) is 12.8. The highest BCUT2D eigenvalue weighted by atomic mass is 19.4. The van der Waals surface area contributed by atoms with Gasteiger partial charge in [0.25, 0.3) is 11.2 Å². The Labute approximate surface area is 147 Å². The Morgan fingerprint density at radius 2 is 1.46 bits per heavy atom. The molecule has 0 amide bonds. The molecule has 0 saturated carbocycles. The second-order valence-electron chi connectivity index (χ2n) is 5.12. The molecule has 0 bridgehead atoms. The van der Waals surface area contributed by atoms with Crippen molar-refractivity contribution in [2.24, 2.45) is 0 Å². The minimum Gasteiger partial charge on any atom is -0.269 e. The third kappa shape index (κ3) is 4.07. The average molecular weight is 421 g/mol. The number of rotatable bonds is 2. The molecule has 28 heavy (non-hydrogen) atoms. The number of hydrogen-bond acceptors (Lipinski definition) is 4. The van der Waals surface area contributed by atoms with Gasteiger partial charge in [-0.05, 0) is 6.07 Å². The van der Waals surface area contributed by atoms with Gasteiger partial charge >= 0.3 is 18.5 Å². The van der Waals surface area contributed by atoms with E-state index >= 15 is 0 Å². The van der Waals surface area contributed by atoms with Crippen LogP contribution in [0.4, 0.5) is 45.2 Å². The van der Waals surface area contributed by atoms with Crippen LogP contribution >= 0.6 is 0 Å². The highest BCUT2D eigenvalue weighted by Gasteiger charge is 2.43. The Hall–Kier alpha value is -3.13. The van der Waals surface area contributed by atoms with E-state index < -0.39 is 63.3 Å². The molecule has 2 aromatic rings. The van der Waals surface area contributed by atoms with Crippen LogP contribution in [0.3, 0.4) is 0 Å². The molecule has 1 aromatic heterocycles. The van der Waals surface area contributed by atoms with E-state index in [4.69, 9.17) is 0 Å². The van der Waals surface area contributed by atoms with E-state index in [1.165, 1.54) is 0 Å². The molecule has 0 fully saturated rings. The summed E-state index contributed by atoms with van der Waals surface area (Å²) in [6, 6.07) is -1.01. The molecule has 0 aliphatic heterocycles. The first-order chi connectivity index (χ1) is 12.5. The van der Waals surface area contributed by atoms with Crippen LogP contribution in [0, 0.1) is 10.1 Å². The third-order valence-electron chi connectivity index (χ3n) is 3.26. The van der Waals surface area contributed by atoms with Crippen LogP contribution in [0.1, 0.15) is 16.8 Å². The predicted molar refractivity (Wildman–Crippen MR) is 71.5 cm³/mol. The molecule has 0 aliphatic rings. The van der Waals surface area contributed by atoms with Gasteiger partial charge < -0.3 is 0 Å². The quantitative estimate of drug-likeness (QED) is 0.414. The standard InChI is InChI=1S/C13H4F9N3O3/c14-11(15,16)5-1-6(12(17,18)19)10(7(2-5)25(27)28)24-4-23-8(3-9(24)26)13(20,21)22/h1-4H. The second kappa shape index (κ2) is 6.49. The van der Waals surface area contributed by atoms with E-state index in [1.54, 1.807) is 0 Å². The first-order valence-corrected chi connectivity index (χ1v) is 6.66. The maximum atomic E-state index is 13.2. The smallest absolute Gasteiger partial charge is 0.269 e. The Morgan fingerprint density at radius 3 is 1.86 bits per heavy atom. The summed E-state index contributed by atoms with van der Waals surface area (Å²) in [5.74, 6) is 0. The van der Waals surface area contributed by atoms with E-state index in [9.17, 15) is 54.4 Å². The van der Waals surface area contributed by atoms with E-state index in [2.05, 4.69) is 4.98 Å². The van der Waals surface area contributed by atoms with Gasteiger partial charge in [0.15, 0.2) is 5.69 Å². The summed E-state index contributed by atoms with van der Waals surface area (Å²) in [6.07, 6.45) is -16.3. The number of alkyl halides is 9. The second-order valence-corrected chi connectivity index (χ2v) is 5.12. The molecule has 0 saturated heterocycles. The fourth-order valence-electron chi connectivity index (χ4n) is 2.11. The van der Waals surface area contributed by atoms with E-state index in [-0.39, 0.29) is 23.0 Å². The summed E-state index contributed by atoms with van der Waals surface area (Å²) in [6.45, 7) is 0. The molecule has 0 spiro atoms. The number of aromatic nitrogens is 2. The van der Waals surface area contributed by atoms with Crippen molar-refractivity contribution in [2.75, 3.05) is 0 Å². The van der Waals surface area contributed by atoms with Crippen LogP contribution in [-0.4, -0.2) is 14.5 Å². The lowest BCUT2D eigenvalue weighted by atomic mass is 10.0. The molecule has 1 aromatic carbocycles. The van der Waals surface area contributed by atoms with E-state index in [1.807, 2.05) is 0 Å². The van der Waals surface area contributed by atoms with Gasteiger partial charge in [0.1, 0.15) is 12.0 Å². The summed E-state index contributed by atoms with van der Waals surface area (Å²) >= 11 is 0. The average Bonchev–Trinajstić information content (AvgIpc) is 2.50. The van der Waals surface area contributed by atoms with Crippen molar-refractivity contribution in [3.05, 3.63) is 61.8 Å². The van der Waals surface area contributed by atoms with Crippen molar-refractivity contribution in [3.63, 3.8) is 0 Å². The number of hydrogen-bond donors (Lipinski definition) is 0. The van der Waals surface area contributed by atoms with E-state index in [0.717, 1.165) is 0 Å². The van der Waals surface area contributed by atoms with Gasteiger partial charge in [-0.3, -0.25) is 19.5 Å². The Bertz CT molecular complexity index is 990. The minimum atomic E-state index is -5.62. The molecule has 0 atom stereocenters. The van der Waals surface area contributed by atoms with Crippen LogP contribution in [0.15, 0.2) is 29.3 Å². The highest BCUT2D eigenvalue weighted by Crippen LogP contribution is 2.42. The zero-order valence-corrected chi connectivity index (χ0v) is 12.8. The topological polar surface area (TPSA) is 78.0 Å². The van der Waals surface area contributed by atoms with Crippen molar-refractivity contribution < 1.29 is 44.4 Å². The van der Waals surface area contributed by atoms with Gasteiger partial charge in [-0.2, -0.15) is 39.5 Å². The Morgan fingerprint density at radius 1 is 0.893 bits per heavy atom. The predicted octanol–water partition coefficient (Wildman–Crippen LogP) is 4.20. The normalized spacial score (nSPS) is 12.9. The molecule has 0 unspecified atom stereocenters. The fourth-order valence-corrected chi connectivity index (χ4v) is 2.11. The molecule has 0 aliphatic carbocycles. The van der Waals surface area contributed by atoms with Crippen LogP contribution < -0.4 is 5.56 Å². The maximum Gasteiger partial charge on any atom is 0.433 e. The Balaban J connectivity index is 2.94. The summed E-state index contributed by atoms with van der Waals surface area (Å²) in [5, 5.41) is 11.0. The lowest BCUT2D eigenvalue weighted by Gasteiger charge is -2.17. The number of nitro groups is 1. The van der Waals surface area contributed by atoms with Gasteiger partial charge in [0.05, 0.1) is 16.1 Å². The summed E-state index contributed by atoms with van der Waals surface area (Å²) in [5.41, 5.74) is -11.4. The number of halogens is 9. The first kappa shape index (κ1) is 21.2. The third-order valence-corrected chi connectivity index (χ3v) is 3.26. The lowest BCUT2D eigenvalue weighted by Crippen LogP contribution is -2.26. The largest absolute Gasteiger partial charge is 0.433 e. The fraction of sp³-hybridized carbons (Fsp3) is 0.231. The van der Waals surface area contributed by atoms with Gasteiger partial charge in [0.2, 0.25) is 0 Å². The van der Waals surface area contributed by atoms with Gasteiger partial charge in [0, 0.05) is 12.1 Å². The molecule has 0 N–H and O–H groups in total. The zero-order chi connectivity index (χ0) is 21.7. The number of benzene rings is 1.